The van der Waals surface area contributed by atoms with Crippen molar-refractivity contribution in [3.05, 3.63) is 35.0 Å². The predicted octanol–water partition coefficient (Wildman–Crippen LogP) is 3.11. The highest BCUT2D eigenvalue weighted by Crippen LogP contribution is 2.49. The van der Waals surface area contributed by atoms with E-state index in [-0.39, 0.29) is 11.8 Å². The van der Waals surface area contributed by atoms with Gasteiger partial charge in [0, 0.05) is 24.0 Å². The second kappa shape index (κ2) is 5.10. The molecule has 1 aromatic heterocycles. The van der Waals surface area contributed by atoms with Gasteiger partial charge in [-0.3, -0.25) is 9.59 Å². The van der Waals surface area contributed by atoms with E-state index in [1.807, 2.05) is 26.0 Å². The molecule has 0 bridgehead atoms. The summed E-state index contributed by atoms with van der Waals surface area (Å²) in [5, 5.41) is 10.7. The molecule has 2 atom stereocenters. The van der Waals surface area contributed by atoms with Crippen LogP contribution in [0.15, 0.2) is 18.2 Å². The molecule has 24 heavy (non-hydrogen) atoms. The molecule has 2 fully saturated rings. The number of benzene rings is 1. The summed E-state index contributed by atoms with van der Waals surface area (Å²) >= 11 is 0. The minimum absolute atomic E-state index is 0.0849. The first-order chi connectivity index (χ1) is 11.4. The summed E-state index contributed by atoms with van der Waals surface area (Å²) in [5.74, 6) is -0.742. The second-order valence-corrected chi connectivity index (χ2v) is 7.46. The molecule has 5 nitrogen and oxygen atoms in total. The Morgan fingerprint density at radius 3 is 2.79 bits per heavy atom. The predicted molar refractivity (Wildman–Crippen MR) is 91.1 cm³/mol. The zero-order valence-electron chi connectivity index (χ0n) is 14.1. The third-order valence-corrected chi connectivity index (χ3v) is 5.90. The number of aryl methyl sites for hydroxylation is 2. The fourth-order valence-corrected chi connectivity index (χ4v) is 4.68. The van der Waals surface area contributed by atoms with Crippen LogP contribution in [0.3, 0.4) is 0 Å². The monoisotopic (exact) mass is 326 g/mol. The van der Waals surface area contributed by atoms with E-state index in [2.05, 4.69) is 11.1 Å². The molecule has 1 aromatic carbocycles. The van der Waals surface area contributed by atoms with Gasteiger partial charge in [-0.1, -0.05) is 12.5 Å². The fraction of sp³-hybridized carbons (Fsp3) is 0.474. The van der Waals surface area contributed by atoms with E-state index in [1.54, 1.807) is 4.90 Å². The van der Waals surface area contributed by atoms with E-state index < -0.39 is 11.4 Å². The molecule has 2 aromatic rings. The Morgan fingerprint density at radius 1 is 1.29 bits per heavy atom. The number of amides is 1. The largest absolute Gasteiger partial charge is 0.481 e. The van der Waals surface area contributed by atoms with Crippen LogP contribution in [0.2, 0.25) is 0 Å². The number of nitrogens with one attached hydrogen (secondary N) is 1. The normalized spacial score (nSPS) is 26.1. The molecule has 1 saturated heterocycles. The Balaban J connectivity index is 1.65. The van der Waals surface area contributed by atoms with E-state index in [0.29, 0.717) is 25.2 Å². The van der Waals surface area contributed by atoms with Crippen molar-refractivity contribution in [3.8, 4) is 0 Å². The number of hydrogen-bond acceptors (Lipinski definition) is 2. The van der Waals surface area contributed by atoms with Gasteiger partial charge in [-0.05, 0) is 55.9 Å². The van der Waals surface area contributed by atoms with E-state index >= 15 is 0 Å². The van der Waals surface area contributed by atoms with Crippen molar-refractivity contribution in [1.82, 2.24) is 9.88 Å². The van der Waals surface area contributed by atoms with Crippen molar-refractivity contribution in [3.63, 3.8) is 0 Å². The number of H-pyrrole nitrogens is 1. The first-order valence-corrected chi connectivity index (χ1v) is 8.53. The Morgan fingerprint density at radius 2 is 2.08 bits per heavy atom. The third-order valence-electron chi connectivity index (χ3n) is 5.90. The first-order valence-electron chi connectivity index (χ1n) is 8.53. The van der Waals surface area contributed by atoms with Crippen LogP contribution in [0.5, 0.6) is 0 Å². The highest BCUT2D eigenvalue weighted by atomic mass is 16.4. The van der Waals surface area contributed by atoms with Gasteiger partial charge in [0.2, 0.25) is 0 Å². The van der Waals surface area contributed by atoms with Gasteiger partial charge in [0.25, 0.3) is 5.91 Å². The summed E-state index contributed by atoms with van der Waals surface area (Å²) in [7, 11) is 0. The highest BCUT2D eigenvalue weighted by Gasteiger charge is 2.55. The van der Waals surface area contributed by atoms with Crippen LogP contribution in [-0.2, 0) is 4.79 Å². The van der Waals surface area contributed by atoms with Crippen LogP contribution in [0, 0.1) is 25.2 Å². The number of nitrogens with zero attached hydrogens (tertiary/aromatic N) is 1. The lowest BCUT2D eigenvalue weighted by Crippen LogP contribution is -2.37. The van der Waals surface area contributed by atoms with Crippen LogP contribution in [0.4, 0.5) is 0 Å². The Kier molecular flexibility index (Phi) is 3.24. The maximum atomic E-state index is 12.9. The number of carbonyl (C=O) groups excluding carboxylic acids is 1. The molecule has 1 aliphatic heterocycles. The topological polar surface area (TPSA) is 73.4 Å². The Labute approximate surface area is 140 Å². The van der Waals surface area contributed by atoms with Crippen molar-refractivity contribution in [2.75, 3.05) is 13.1 Å². The molecule has 4 rings (SSSR count). The van der Waals surface area contributed by atoms with Gasteiger partial charge < -0.3 is 15.0 Å². The summed E-state index contributed by atoms with van der Waals surface area (Å²) < 4.78 is 0. The van der Waals surface area contributed by atoms with Crippen LogP contribution >= 0.6 is 0 Å². The third kappa shape index (κ3) is 2.07. The van der Waals surface area contributed by atoms with Crippen LogP contribution in [-0.4, -0.2) is 40.0 Å². The molecule has 2 aliphatic rings. The van der Waals surface area contributed by atoms with E-state index in [1.165, 1.54) is 0 Å². The number of hydrogen-bond donors (Lipinski definition) is 2. The summed E-state index contributed by atoms with van der Waals surface area (Å²) in [6.07, 6.45) is 2.53. The minimum atomic E-state index is -0.747. The zero-order valence-corrected chi connectivity index (χ0v) is 14.1. The van der Waals surface area contributed by atoms with Crippen molar-refractivity contribution >= 4 is 22.8 Å². The maximum absolute atomic E-state index is 12.9. The lowest BCUT2D eigenvalue weighted by molar-refractivity contribution is -0.149. The Hall–Kier alpha value is -2.30. The molecule has 0 spiro atoms. The number of aliphatic carboxylic acids is 1. The summed E-state index contributed by atoms with van der Waals surface area (Å²) in [5.41, 5.74) is 3.08. The molecule has 0 unspecified atom stereocenters. The number of fused-ring (bicyclic) bond motifs is 2. The number of carboxylic acid groups (broad SMARTS) is 1. The van der Waals surface area contributed by atoms with Crippen molar-refractivity contribution in [1.29, 1.82) is 0 Å². The summed E-state index contributed by atoms with van der Waals surface area (Å²) in [4.78, 5) is 29.6. The van der Waals surface area contributed by atoms with Crippen molar-refractivity contribution in [2.45, 2.75) is 33.1 Å². The number of carboxylic acids is 1. The van der Waals surface area contributed by atoms with Crippen LogP contribution in [0.25, 0.3) is 10.9 Å². The van der Waals surface area contributed by atoms with Crippen LogP contribution in [0.1, 0.15) is 40.9 Å². The molecule has 2 N–H and O–H groups in total. The Bertz CT molecular complexity index is 854. The second-order valence-electron chi connectivity index (χ2n) is 7.46. The van der Waals surface area contributed by atoms with E-state index in [0.717, 1.165) is 34.9 Å². The molecular weight excluding hydrogens is 304 g/mol. The van der Waals surface area contributed by atoms with Gasteiger partial charge in [0.15, 0.2) is 0 Å². The number of rotatable bonds is 2. The van der Waals surface area contributed by atoms with Gasteiger partial charge in [-0.25, -0.2) is 0 Å². The standard InChI is InChI=1S/C19H22N2O3/c1-11-6-12(2)14-8-16(20-15(14)7-11)17(22)21-9-13-4-3-5-19(13,10-21)18(23)24/h6-8,13,20H,3-5,9-10H2,1-2H3,(H,23,24)/t13-,19+/m0/s1. The molecule has 1 amide bonds. The molecule has 0 radical (unpaired) electrons. The van der Waals surface area contributed by atoms with E-state index in [4.69, 9.17) is 0 Å². The zero-order chi connectivity index (χ0) is 17.1. The lowest BCUT2D eigenvalue weighted by atomic mass is 9.81. The number of likely N-dealkylation sites (tertiary alicyclic amines) is 1. The van der Waals surface area contributed by atoms with Gasteiger partial charge in [-0.2, -0.15) is 0 Å². The van der Waals surface area contributed by atoms with Gasteiger partial charge in [-0.15, -0.1) is 0 Å². The number of aromatic nitrogens is 1. The first kappa shape index (κ1) is 15.2. The van der Waals surface area contributed by atoms with Gasteiger partial charge in [0.1, 0.15) is 5.69 Å². The summed E-state index contributed by atoms with van der Waals surface area (Å²) in [6.45, 7) is 4.96. The summed E-state index contributed by atoms with van der Waals surface area (Å²) in [6, 6.07) is 6.04. The average Bonchev–Trinajstić information content (AvgIpc) is 3.17. The van der Waals surface area contributed by atoms with Crippen molar-refractivity contribution in [2.24, 2.45) is 11.3 Å². The van der Waals surface area contributed by atoms with Crippen LogP contribution < -0.4 is 0 Å². The highest BCUT2D eigenvalue weighted by molar-refractivity contribution is 5.99. The number of aromatic amines is 1. The smallest absolute Gasteiger partial charge is 0.311 e. The quantitative estimate of drug-likeness (QED) is 0.890. The molecule has 5 heteroatoms. The molecule has 1 aliphatic carbocycles. The fourth-order valence-electron chi connectivity index (χ4n) is 4.68. The van der Waals surface area contributed by atoms with Gasteiger partial charge >= 0.3 is 5.97 Å². The SMILES string of the molecule is Cc1cc(C)c2cc(C(=O)N3C[C@@H]4CCC[C@@]4(C(=O)O)C3)[nH]c2c1. The number of carbonyl (C=O) groups is 2. The minimum Gasteiger partial charge on any atom is -0.481 e. The van der Waals surface area contributed by atoms with E-state index in [9.17, 15) is 14.7 Å². The van der Waals surface area contributed by atoms with Gasteiger partial charge in [0.05, 0.1) is 5.41 Å². The molecule has 126 valence electrons. The maximum Gasteiger partial charge on any atom is 0.311 e. The molecule has 2 heterocycles. The average molecular weight is 326 g/mol. The molecular formula is C19H22N2O3. The van der Waals surface area contributed by atoms with Crippen molar-refractivity contribution < 1.29 is 14.7 Å². The lowest BCUT2D eigenvalue weighted by Gasteiger charge is -2.23. The molecule has 1 saturated carbocycles.